The van der Waals surface area contributed by atoms with Crippen LogP contribution in [0.3, 0.4) is 0 Å². The van der Waals surface area contributed by atoms with Crippen molar-refractivity contribution >= 4 is 16.8 Å². The van der Waals surface area contributed by atoms with Crippen LogP contribution < -0.4 is 10.9 Å². The van der Waals surface area contributed by atoms with Gasteiger partial charge in [-0.05, 0) is 18.6 Å². The molecule has 0 radical (unpaired) electrons. The number of fused-ring (bicyclic) bond motifs is 1. The predicted octanol–water partition coefficient (Wildman–Crippen LogP) is 1.19. The van der Waals surface area contributed by atoms with Crippen molar-refractivity contribution < 1.29 is 4.79 Å². The fraction of sp³-hybridized carbons (Fsp3) is 0.294. The van der Waals surface area contributed by atoms with Crippen LogP contribution >= 0.6 is 0 Å². The van der Waals surface area contributed by atoms with E-state index < -0.39 is 0 Å². The van der Waals surface area contributed by atoms with Crippen molar-refractivity contribution in [2.45, 2.75) is 25.9 Å². The maximum absolute atomic E-state index is 12.3. The van der Waals surface area contributed by atoms with Crippen molar-refractivity contribution in [2.75, 3.05) is 6.54 Å². The summed E-state index contributed by atoms with van der Waals surface area (Å²) in [5, 5.41) is 3.43. The number of rotatable bonds is 7. The van der Waals surface area contributed by atoms with Gasteiger partial charge in [0.05, 0.1) is 23.6 Å². The lowest BCUT2D eigenvalue weighted by molar-refractivity contribution is -0.121. The molecule has 2 aromatic heterocycles. The van der Waals surface area contributed by atoms with E-state index in [1.165, 1.54) is 10.9 Å². The first-order valence-corrected chi connectivity index (χ1v) is 7.90. The van der Waals surface area contributed by atoms with Crippen LogP contribution in [-0.4, -0.2) is 31.6 Å². The molecule has 24 heavy (non-hydrogen) atoms. The number of aryl methyl sites for hydroxylation is 2. The molecule has 0 atom stereocenters. The Morgan fingerprint density at radius 1 is 1.17 bits per heavy atom. The minimum Gasteiger partial charge on any atom is -0.356 e. The van der Waals surface area contributed by atoms with Gasteiger partial charge in [-0.15, -0.1) is 0 Å². The number of imidazole rings is 1. The normalized spacial score (nSPS) is 10.8. The third kappa shape index (κ3) is 3.87. The first-order valence-electron chi connectivity index (χ1n) is 7.90. The molecule has 7 heteroatoms. The zero-order valence-electron chi connectivity index (χ0n) is 13.3. The molecule has 1 amide bonds. The van der Waals surface area contributed by atoms with Crippen LogP contribution in [-0.2, 0) is 17.9 Å². The number of nitrogens with one attached hydrogen (secondary N) is 1. The van der Waals surface area contributed by atoms with E-state index in [0.29, 0.717) is 24.0 Å². The third-order valence-electron chi connectivity index (χ3n) is 3.79. The Morgan fingerprint density at radius 3 is 2.88 bits per heavy atom. The Balaban J connectivity index is 1.47. The number of carbonyl (C=O) groups is 1. The van der Waals surface area contributed by atoms with Crippen LogP contribution in [0.25, 0.3) is 10.9 Å². The molecule has 7 nitrogen and oxygen atoms in total. The number of nitrogens with zero attached hydrogens (tertiary/aromatic N) is 4. The Bertz CT molecular complexity index is 870. The first-order chi connectivity index (χ1) is 11.7. The van der Waals surface area contributed by atoms with E-state index in [9.17, 15) is 9.59 Å². The highest BCUT2D eigenvalue weighted by atomic mass is 16.1. The highest BCUT2D eigenvalue weighted by Gasteiger charge is 2.06. The maximum atomic E-state index is 12.3. The molecule has 1 N–H and O–H groups in total. The van der Waals surface area contributed by atoms with E-state index in [1.807, 2.05) is 22.9 Å². The van der Waals surface area contributed by atoms with Crippen molar-refractivity contribution in [2.24, 2.45) is 0 Å². The highest BCUT2D eigenvalue weighted by molar-refractivity contribution is 5.77. The standard InChI is InChI=1S/C17H19N5O2/c23-16(19-7-3-9-21-11-8-18-12-21)6-10-22-13-20-15-5-2-1-4-14(15)17(22)24/h1-2,4-5,8,11-13H,3,6-7,9-10H2,(H,19,23). The van der Waals surface area contributed by atoms with E-state index in [0.717, 1.165) is 13.0 Å². The molecule has 0 fully saturated rings. The monoisotopic (exact) mass is 325 g/mol. The molecule has 3 aromatic rings. The Kier molecular flexibility index (Phi) is 5.00. The van der Waals surface area contributed by atoms with Crippen LogP contribution in [0.2, 0.25) is 0 Å². The van der Waals surface area contributed by atoms with Crippen molar-refractivity contribution in [1.29, 1.82) is 0 Å². The number of hydrogen-bond acceptors (Lipinski definition) is 4. The van der Waals surface area contributed by atoms with Crippen LogP contribution in [0.4, 0.5) is 0 Å². The minimum absolute atomic E-state index is 0.0688. The van der Waals surface area contributed by atoms with Gasteiger partial charge in [-0.25, -0.2) is 9.97 Å². The number of para-hydroxylation sites is 1. The third-order valence-corrected chi connectivity index (χ3v) is 3.79. The second kappa shape index (κ2) is 7.54. The van der Waals surface area contributed by atoms with Crippen molar-refractivity contribution in [1.82, 2.24) is 24.4 Å². The number of aromatic nitrogens is 4. The number of amides is 1. The zero-order valence-corrected chi connectivity index (χ0v) is 13.3. The minimum atomic E-state index is -0.117. The van der Waals surface area contributed by atoms with Crippen molar-refractivity contribution in [3.8, 4) is 0 Å². The van der Waals surface area contributed by atoms with Crippen LogP contribution in [0.15, 0.2) is 54.1 Å². The molecular weight excluding hydrogens is 306 g/mol. The Morgan fingerprint density at radius 2 is 2.04 bits per heavy atom. The molecule has 0 aliphatic carbocycles. The molecule has 3 rings (SSSR count). The Labute approximate surface area is 139 Å². The van der Waals surface area contributed by atoms with E-state index in [1.54, 1.807) is 24.7 Å². The van der Waals surface area contributed by atoms with Gasteiger partial charge in [-0.3, -0.25) is 14.2 Å². The van der Waals surface area contributed by atoms with E-state index >= 15 is 0 Å². The fourth-order valence-electron chi connectivity index (χ4n) is 2.48. The topological polar surface area (TPSA) is 81.8 Å². The summed E-state index contributed by atoms with van der Waals surface area (Å²) in [6, 6.07) is 7.20. The summed E-state index contributed by atoms with van der Waals surface area (Å²) < 4.78 is 3.44. The summed E-state index contributed by atoms with van der Waals surface area (Å²) in [6.07, 6.45) is 7.96. The molecule has 0 unspecified atom stereocenters. The van der Waals surface area contributed by atoms with Gasteiger partial charge in [0.25, 0.3) is 5.56 Å². The maximum Gasteiger partial charge on any atom is 0.261 e. The molecule has 1 aromatic carbocycles. The summed E-state index contributed by atoms with van der Waals surface area (Å²) in [7, 11) is 0. The highest BCUT2D eigenvalue weighted by Crippen LogP contribution is 2.04. The van der Waals surface area contributed by atoms with Crippen molar-refractivity contribution in [3.63, 3.8) is 0 Å². The van der Waals surface area contributed by atoms with Crippen LogP contribution in [0.5, 0.6) is 0 Å². The van der Waals surface area contributed by atoms with Gasteiger partial charge in [-0.2, -0.15) is 0 Å². The lowest BCUT2D eigenvalue weighted by Gasteiger charge is -2.08. The number of carbonyl (C=O) groups excluding carboxylic acids is 1. The molecule has 0 aliphatic heterocycles. The molecule has 0 spiro atoms. The second-order valence-corrected chi connectivity index (χ2v) is 5.51. The molecule has 0 saturated carbocycles. The fourth-order valence-corrected chi connectivity index (χ4v) is 2.48. The van der Waals surface area contributed by atoms with Gasteiger partial charge in [0.2, 0.25) is 5.91 Å². The Hall–Kier alpha value is -2.96. The zero-order chi connectivity index (χ0) is 16.8. The summed E-state index contributed by atoms with van der Waals surface area (Å²) in [5.41, 5.74) is 0.552. The van der Waals surface area contributed by atoms with Gasteiger partial charge >= 0.3 is 0 Å². The first kappa shape index (κ1) is 15.9. The largest absolute Gasteiger partial charge is 0.356 e. The molecule has 124 valence electrons. The average Bonchev–Trinajstić information content (AvgIpc) is 3.12. The van der Waals surface area contributed by atoms with E-state index in [2.05, 4.69) is 15.3 Å². The molecular formula is C17H19N5O2. The summed E-state index contributed by atoms with van der Waals surface area (Å²) in [4.78, 5) is 32.4. The summed E-state index contributed by atoms with van der Waals surface area (Å²) >= 11 is 0. The van der Waals surface area contributed by atoms with Crippen LogP contribution in [0, 0.1) is 0 Å². The SMILES string of the molecule is O=C(CCn1cnc2ccccc2c1=O)NCCCn1ccnc1. The quantitative estimate of drug-likeness (QED) is 0.662. The lowest BCUT2D eigenvalue weighted by Crippen LogP contribution is -2.28. The predicted molar refractivity (Wildman–Crippen MR) is 90.5 cm³/mol. The average molecular weight is 325 g/mol. The lowest BCUT2D eigenvalue weighted by atomic mass is 10.2. The van der Waals surface area contributed by atoms with Gasteiger partial charge in [0.15, 0.2) is 0 Å². The molecule has 0 bridgehead atoms. The number of benzene rings is 1. The van der Waals surface area contributed by atoms with Gasteiger partial charge < -0.3 is 9.88 Å². The van der Waals surface area contributed by atoms with E-state index in [4.69, 9.17) is 0 Å². The van der Waals surface area contributed by atoms with Gasteiger partial charge in [0.1, 0.15) is 0 Å². The number of hydrogen-bond donors (Lipinski definition) is 1. The summed E-state index contributed by atoms with van der Waals surface area (Å²) in [6.45, 7) is 1.74. The van der Waals surface area contributed by atoms with Gasteiger partial charge in [0, 0.05) is 38.4 Å². The second-order valence-electron chi connectivity index (χ2n) is 5.51. The molecule has 0 saturated heterocycles. The summed E-state index contributed by atoms with van der Waals surface area (Å²) in [5.74, 6) is -0.0688. The van der Waals surface area contributed by atoms with Crippen LogP contribution in [0.1, 0.15) is 12.8 Å². The molecule has 0 aliphatic rings. The van der Waals surface area contributed by atoms with E-state index in [-0.39, 0.29) is 17.9 Å². The van der Waals surface area contributed by atoms with Gasteiger partial charge in [-0.1, -0.05) is 12.1 Å². The molecule has 2 heterocycles. The van der Waals surface area contributed by atoms with Crippen molar-refractivity contribution in [3.05, 3.63) is 59.7 Å². The smallest absolute Gasteiger partial charge is 0.261 e.